The Kier molecular flexibility index (Phi) is 6.20. The Morgan fingerprint density at radius 2 is 1.86 bits per heavy atom. The summed E-state index contributed by atoms with van der Waals surface area (Å²) in [6.45, 7) is 0.351. The Bertz CT molecular complexity index is 445. The molecule has 21 heavy (non-hydrogen) atoms. The minimum absolute atomic E-state index is 0.110. The molecule has 0 aliphatic rings. The van der Waals surface area contributed by atoms with Gasteiger partial charge in [-0.3, -0.25) is 4.79 Å². The molecule has 1 rings (SSSR count). The molecule has 3 nitrogen and oxygen atoms in total. The third kappa shape index (κ3) is 5.04. The molecule has 0 aliphatic carbocycles. The highest BCUT2D eigenvalue weighted by atomic mass is 19.4. The fourth-order valence-electron chi connectivity index (χ4n) is 2.33. The standard InChI is InChI=1S/C15H19F3O3/c1-2-14(13(19)20,12-7-4-3-5-8-12)9-6-10-21-11-15(16,17)18/h3-5,7-8H,2,6,9-11H2,1H3,(H,19,20). The molecule has 0 spiro atoms. The van der Waals surface area contributed by atoms with E-state index < -0.39 is 24.2 Å². The highest BCUT2D eigenvalue weighted by molar-refractivity contribution is 5.81. The topological polar surface area (TPSA) is 46.5 Å². The van der Waals surface area contributed by atoms with Gasteiger partial charge in [0.2, 0.25) is 0 Å². The molecule has 1 N–H and O–H groups in total. The number of halogens is 3. The molecular weight excluding hydrogens is 285 g/mol. The first-order chi connectivity index (χ1) is 9.82. The summed E-state index contributed by atoms with van der Waals surface area (Å²) in [7, 11) is 0. The lowest BCUT2D eigenvalue weighted by Gasteiger charge is -2.28. The van der Waals surface area contributed by atoms with Crippen LogP contribution in [0.2, 0.25) is 0 Å². The van der Waals surface area contributed by atoms with Gasteiger partial charge in [0.05, 0.1) is 5.41 Å². The SMILES string of the molecule is CCC(CCCOCC(F)(F)F)(C(=O)O)c1ccccc1. The van der Waals surface area contributed by atoms with Gasteiger partial charge in [-0.05, 0) is 24.8 Å². The lowest BCUT2D eigenvalue weighted by molar-refractivity contribution is -0.174. The molecule has 0 aromatic heterocycles. The maximum absolute atomic E-state index is 12.0. The molecule has 0 heterocycles. The summed E-state index contributed by atoms with van der Waals surface area (Å²) in [4.78, 5) is 11.7. The van der Waals surface area contributed by atoms with Gasteiger partial charge in [-0.25, -0.2) is 0 Å². The van der Waals surface area contributed by atoms with E-state index in [0.717, 1.165) is 0 Å². The van der Waals surface area contributed by atoms with Crippen LogP contribution in [0.25, 0.3) is 0 Å². The molecule has 0 bridgehead atoms. The average molecular weight is 304 g/mol. The number of aliphatic carboxylic acids is 1. The molecule has 0 radical (unpaired) electrons. The van der Waals surface area contributed by atoms with Gasteiger partial charge in [0.25, 0.3) is 0 Å². The third-order valence-corrected chi connectivity index (χ3v) is 3.50. The Balaban J connectivity index is 2.66. The van der Waals surface area contributed by atoms with Crippen molar-refractivity contribution in [1.82, 2.24) is 0 Å². The van der Waals surface area contributed by atoms with E-state index in [-0.39, 0.29) is 19.4 Å². The molecule has 118 valence electrons. The zero-order valence-corrected chi connectivity index (χ0v) is 11.8. The smallest absolute Gasteiger partial charge is 0.411 e. The van der Waals surface area contributed by atoms with Crippen molar-refractivity contribution < 1.29 is 27.8 Å². The van der Waals surface area contributed by atoms with Crippen molar-refractivity contribution >= 4 is 5.97 Å². The fraction of sp³-hybridized carbons (Fsp3) is 0.533. The van der Waals surface area contributed by atoms with Gasteiger partial charge < -0.3 is 9.84 Å². The number of benzene rings is 1. The van der Waals surface area contributed by atoms with Crippen LogP contribution in [0.5, 0.6) is 0 Å². The predicted molar refractivity (Wildman–Crippen MR) is 72.2 cm³/mol. The summed E-state index contributed by atoms with van der Waals surface area (Å²) < 4.78 is 40.4. The second-order valence-electron chi connectivity index (χ2n) is 4.88. The zero-order chi connectivity index (χ0) is 15.9. The van der Waals surface area contributed by atoms with E-state index >= 15 is 0 Å². The third-order valence-electron chi connectivity index (χ3n) is 3.50. The number of carboxylic acid groups (broad SMARTS) is 1. The van der Waals surface area contributed by atoms with Crippen molar-refractivity contribution in [2.75, 3.05) is 13.2 Å². The molecule has 0 fully saturated rings. The Morgan fingerprint density at radius 3 is 2.33 bits per heavy atom. The predicted octanol–water partition coefficient (Wildman–Crippen LogP) is 3.78. The first kappa shape index (κ1) is 17.5. The monoisotopic (exact) mass is 304 g/mol. The number of carboxylic acids is 1. The van der Waals surface area contributed by atoms with Crippen LogP contribution in [0.1, 0.15) is 31.7 Å². The quantitative estimate of drug-likeness (QED) is 0.743. The van der Waals surface area contributed by atoms with Crippen LogP contribution in [0.3, 0.4) is 0 Å². The second-order valence-corrected chi connectivity index (χ2v) is 4.88. The largest absolute Gasteiger partial charge is 0.481 e. The number of carbonyl (C=O) groups is 1. The van der Waals surface area contributed by atoms with Gasteiger partial charge in [0.1, 0.15) is 6.61 Å². The van der Waals surface area contributed by atoms with Crippen LogP contribution in [0.4, 0.5) is 13.2 Å². The van der Waals surface area contributed by atoms with E-state index in [2.05, 4.69) is 4.74 Å². The molecule has 0 aliphatic heterocycles. The minimum atomic E-state index is -4.35. The average Bonchev–Trinajstić information content (AvgIpc) is 2.42. The number of hydrogen-bond donors (Lipinski definition) is 1. The molecule has 1 atom stereocenters. The van der Waals surface area contributed by atoms with E-state index in [4.69, 9.17) is 0 Å². The first-order valence-electron chi connectivity index (χ1n) is 6.75. The van der Waals surface area contributed by atoms with Gasteiger partial charge in [0.15, 0.2) is 0 Å². The van der Waals surface area contributed by atoms with Crippen molar-refractivity contribution in [3.05, 3.63) is 35.9 Å². The lowest BCUT2D eigenvalue weighted by Crippen LogP contribution is -2.35. The van der Waals surface area contributed by atoms with Crippen molar-refractivity contribution in [2.45, 2.75) is 37.8 Å². The number of ether oxygens (including phenoxy) is 1. The van der Waals surface area contributed by atoms with Crippen molar-refractivity contribution in [2.24, 2.45) is 0 Å². The van der Waals surface area contributed by atoms with Crippen molar-refractivity contribution in [3.8, 4) is 0 Å². The summed E-state index contributed by atoms with van der Waals surface area (Å²) in [5.41, 5.74) is -0.418. The molecular formula is C15H19F3O3. The summed E-state index contributed by atoms with van der Waals surface area (Å²) in [5.74, 6) is -0.966. The molecule has 6 heteroatoms. The normalized spacial score (nSPS) is 14.7. The molecule has 0 saturated carbocycles. The van der Waals surface area contributed by atoms with Crippen LogP contribution >= 0.6 is 0 Å². The van der Waals surface area contributed by atoms with Gasteiger partial charge in [-0.2, -0.15) is 13.2 Å². The summed E-state index contributed by atoms with van der Waals surface area (Å²) in [6.07, 6.45) is -3.49. The van der Waals surface area contributed by atoms with E-state index in [0.29, 0.717) is 12.0 Å². The summed E-state index contributed by atoms with van der Waals surface area (Å²) in [5, 5.41) is 9.54. The molecule has 0 saturated heterocycles. The van der Waals surface area contributed by atoms with E-state index in [1.54, 1.807) is 37.3 Å². The maximum Gasteiger partial charge on any atom is 0.411 e. The van der Waals surface area contributed by atoms with Crippen LogP contribution in [-0.2, 0) is 14.9 Å². The highest BCUT2D eigenvalue weighted by Gasteiger charge is 2.38. The van der Waals surface area contributed by atoms with E-state index in [1.807, 2.05) is 0 Å². The van der Waals surface area contributed by atoms with Gasteiger partial charge >= 0.3 is 12.1 Å². The molecule has 1 unspecified atom stereocenters. The number of hydrogen-bond acceptors (Lipinski definition) is 2. The maximum atomic E-state index is 12.0. The van der Waals surface area contributed by atoms with Crippen molar-refractivity contribution in [3.63, 3.8) is 0 Å². The van der Waals surface area contributed by atoms with E-state index in [1.165, 1.54) is 0 Å². The summed E-state index contributed by atoms with van der Waals surface area (Å²) >= 11 is 0. The van der Waals surface area contributed by atoms with Gasteiger partial charge in [0, 0.05) is 6.61 Å². The highest BCUT2D eigenvalue weighted by Crippen LogP contribution is 2.33. The van der Waals surface area contributed by atoms with Crippen LogP contribution < -0.4 is 0 Å². The number of alkyl halides is 3. The van der Waals surface area contributed by atoms with Crippen LogP contribution in [0, 0.1) is 0 Å². The second kappa shape index (κ2) is 7.45. The minimum Gasteiger partial charge on any atom is -0.481 e. The Morgan fingerprint density at radius 1 is 1.24 bits per heavy atom. The molecule has 0 amide bonds. The first-order valence-corrected chi connectivity index (χ1v) is 6.75. The van der Waals surface area contributed by atoms with Crippen molar-refractivity contribution in [1.29, 1.82) is 0 Å². The lowest BCUT2D eigenvalue weighted by atomic mass is 9.74. The fourth-order valence-corrected chi connectivity index (χ4v) is 2.33. The number of rotatable bonds is 8. The zero-order valence-electron chi connectivity index (χ0n) is 11.8. The molecule has 1 aromatic rings. The molecule has 1 aromatic carbocycles. The Labute approximate surface area is 121 Å². The van der Waals surface area contributed by atoms with Crippen LogP contribution in [0.15, 0.2) is 30.3 Å². The van der Waals surface area contributed by atoms with E-state index in [9.17, 15) is 23.1 Å². The van der Waals surface area contributed by atoms with Gasteiger partial charge in [-0.1, -0.05) is 37.3 Å². The van der Waals surface area contributed by atoms with Gasteiger partial charge in [-0.15, -0.1) is 0 Å². The van der Waals surface area contributed by atoms with Crippen LogP contribution in [-0.4, -0.2) is 30.5 Å². The Hall–Kier alpha value is -1.56. The summed E-state index contributed by atoms with van der Waals surface area (Å²) in [6, 6.07) is 8.76.